The van der Waals surface area contributed by atoms with Crippen LogP contribution in [0.15, 0.2) is 24.3 Å². The normalized spacial score (nSPS) is 36.2. The van der Waals surface area contributed by atoms with Gasteiger partial charge in [0.25, 0.3) is 0 Å². The van der Waals surface area contributed by atoms with Crippen molar-refractivity contribution in [3.63, 3.8) is 0 Å². The lowest BCUT2D eigenvalue weighted by atomic mass is 9.85. The summed E-state index contributed by atoms with van der Waals surface area (Å²) in [4.78, 5) is 80.9. The van der Waals surface area contributed by atoms with Crippen molar-refractivity contribution < 1.29 is 33.5 Å². The van der Waals surface area contributed by atoms with E-state index in [2.05, 4.69) is 4.74 Å². The third kappa shape index (κ3) is 3.67. The van der Waals surface area contributed by atoms with Crippen LogP contribution in [-0.2, 0) is 33.5 Å². The van der Waals surface area contributed by atoms with E-state index in [1.807, 2.05) is 24.3 Å². The molecule has 0 radical (unpaired) electrons. The Morgan fingerprint density at radius 3 is 1.46 bits per heavy atom. The Morgan fingerprint density at radius 1 is 0.730 bits per heavy atom. The predicted molar refractivity (Wildman–Crippen MR) is 127 cm³/mol. The first-order valence-corrected chi connectivity index (χ1v) is 13.2. The molecular weight excluding hydrogens is 478 g/mol. The van der Waals surface area contributed by atoms with Crippen molar-refractivity contribution in [3.8, 4) is 0 Å². The SMILES string of the molecule is COC(=O)CCC(=O)N(CCN1C(=O)C2C3C=CC(C3)C2C1=O)CCN1C(=O)C2C3C=CC(C3)C2C1=O. The fourth-order valence-electron chi connectivity index (χ4n) is 7.64. The van der Waals surface area contributed by atoms with Crippen molar-refractivity contribution in [2.45, 2.75) is 25.7 Å². The Bertz CT molecular complexity index is 1010. The second kappa shape index (κ2) is 8.92. The van der Waals surface area contributed by atoms with Gasteiger partial charge in [0.05, 0.1) is 37.2 Å². The molecule has 4 fully saturated rings. The summed E-state index contributed by atoms with van der Waals surface area (Å²) in [5.74, 6) is -2.45. The molecule has 10 heteroatoms. The lowest BCUT2D eigenvalue weighted by molar-refractivity contribution is -0.144. The van der Waals surface area contributed by atoms with E-state index >= 15 is 0 Å². The van der Waals surface area contributed by atoms with E-state index in [4.69, 9.17) is 0 Å². The van der Waals surface area contributed by atoms with Gasteiger partial charge in [-0.3, -0.25) is 38.6 Å². The van der Waals surface area contributed by atoms with Crippen molar-refractivity contribution in [2.75, 3.05) is 33.3 Å². The first-order chi connectivity index (χ1) is 17.8. The van der Waals surface area contributed by atoms with Gasteiger partial charge in [0.1, 0.15) is 0 Å². The number of amides is 5. The second-order valence-electron chi connectivity index (χ2n) is 11.1. The molecule has 0 spiro atoms. The van der Waals surface area contributed by atoms with Crippen LogP contribution >= 0.6 is 0 Å². The van der Waals surface area contributed by atoms with Gasteiger partial charge in [-0.2, -0.15) is 0 Å². The molecule has 4 aliphatic carbocycles. The first kappa shape index (κ1) is 24.1. The van der Waals surface area contributed by atoms with Crippen molar-refractivity contribution in [1.82, 2.24) is 14.7 Å². The van der Waals surface area contributed by atoms with Crippen LogP contribution in [0.3, 0.4) is 0 Å². The molecule has 0 aromatic rings. The number of carbonyl (C=O) groups is 6. The summed E-state index contributed by atoms with van der Waals surface area (Å²) in [5, 5.41) is 0. The highest BCUT2D eigenvalue weighted by molar-refractivity contribution is 6.07. The molecule has 2 aliphatic heterocycles. The van der Waals surface area contributed by atoms with Gasteiger partial charge < -0.3 is 9.64 Å². The largest absolute Gasteiger partial charge is 0.469 e. The van der Waals surface area contributed by atoms with Crippen LogP contribution in [0.1, 0.15) is 25.7 Å². The van der Waals surface area contributed by atoms with Gasteiger partial charge in [-0.05, 0) is 36.5 Å². The van der Waals surface area contributed by atoms with Crippen molar-refractivity contribution in [2.24, 2.45) is 47.3 Å². The summed E-state index contributed by atoms with van der Waals surface area (Å²) in [6.45, 7) is 0.260. The molecule has 2 saturated heterocycles. The molecule has 2 saturated carbocycles. The smallest absolute Gasteiger partial charge is 0.306 e. The molecule has 10 nitrogen and oxygen atoms in total. The third-order valence-electron chi connectivity index (χ3n) is 9.43. The second-order valence-corrected chi connectivity index (χ2v) is 11.1. The minimum Gasteiger partial charge on any atom is -0.469 e. The standard InChI is InChI=1S/C27H31N3O7/c1-37-19(32)7-6-18(31)28(8-10-29-24(33)20-14-2-3-15(12-14)21(20)25(29)34)9-11-30-26(35)22-16-4-5-17(13-16)23(22)27(30)36/h2-5,14-17,20-23H,6-13H2,1H3. The number of rotatable bonds is 9. The third-order valence-corrected chi connectivity index (χ3v) is 9.43. The Morgan fingerprint density at radius 2 is 1.11 bits per heavy atom. The number of hydrogen-bond acceptors (Lipinski definition) is 7. The molecule has 2 heterocycles. The zero-order valence-electron chi connectivity index (χ0n) is 20.8. The molecule has 6 rings (SSSR count). The molecule has 5 amide bonds. The van der Waals surface area contributed by atoms with Crippen LogP contribution < -0.4 is 0 Å². The zero-order chi connectivity index (χ0) is 26.0. The molecule has 6 aliphatic rings. The molecule has 4 bridgehead atoms. The van der Waals surface area contributed by atoms with E-state index in [-0.39, 0.29) is 116 Å². The van der Waals surface area contributed by atoms with Gasteiger partial charge in [0, 0.05) is 32.6 Å². The molecular formula is C27H31N3O7. The van der Waals surface area contributed by atoms with E-state index in [1.54, 1.807) is 0 Å². The molecule has 8 atom stereocenters. The lowest BCUT2D eigenvalue weighted by Crippen LogP contribution is -2.46. The molecule has 8 unspecified atom stereocenters. The molecule has 196 valence electrons. The molecule has 37 heavy (non-hydrogen) atoms. The van der Waals surface area contributed by atoms with Gasteiger partial charge in [-0.25, -0.2) is 0 Å². The van der Waals surface area contributed by atoms with Gasteiger partial charge in [-0.1, -0.05) is 24.3 Å². The van der Waals surface area contributed by atoms with Gasteiger partial charge in [0.2, 0.25) is 29.5 Å². The Labute approximate surface area is 214 Å². The number of likely N-dealkylation sites (tertiary alicyclic amines) is 2. The quantitative estimate of drug-likeness (QED) is 0.250. The summed E-state index contributed by atoms with van der Waals surface area (Å²) >= 11 is 0. The van der Waals surface area contributed by atoms with Crippen LogP contribution in [0, 0.1) is 47.3 Å². The van der Waals surface area contributed by atoms with E-state index < -0.39 is 5.97 Å². The minimum absolute atomic E-state index is 0.0509. The van der Waals surface area contributed by atoms with Crippen LogP contribution in [0.5, 0.6) is 0 Å². The van der Waals surface area contributed by atoms with E-state index in [1.165, 1.54) is 21.8 Å². The van der Waals surface area contributed by atoms with Gasteiger partial charge >= 0.3 is 5.97 Å². The highest BCUT2D eigenvalue weighted by Crippen LogP contribution is 2.53. The molecule has 0 aromatic carbocycles. The zero-order valence-corrected chi connectivity index (χ0v) is 20.8. The number of hydrogen-bond donors (Lipinski definition) is 0. The number of esters is 1. The summed E-state index contributed by atoms with van der Waals surface area (Å²) in [7, 11) is 1.25. The molecule has 0 N–H and O–H groups in total. The van der Waals surface area contributed by atoms with Gasteiger partial charge in [0.15, 0.2) is 0 Å². The number of fused-ring (bicyclic) bond motifs is 10. The summed E-state index contributed by atoms with van der Waals surface area (Å²) < 4.78 is 4.64. The minimum atomic E-state index is -0.519. The highest BCUT2D eigenvalue weighted by atomic mass is 16.5. The van der Waals surface area contributed by atoms with Crippen LogP contribution in [0.2, 0.25) is 0 Å². The van der Waals surface area contributed by atoms with E-state index in [9.17, 15) is 28.8 Å². The Hall–Kier alpha value is -3.30. The lowest BCUT2D eigenvalue weighted by Gasteiger charge is -2.27. The van der Waals surface area contributed by atoms with Crippen LogP contribution in [0.4, 0.5) is 0 Å². The van der Waals surface area contributed by atoms with Crippen LogP contribution in [0.25, 0.3) is 0 Å². The number of methoxy groups -OCH3 is 1. The Balaban J connectivity index is 1.12. The molecule has 0 aromatic heterocycles. The number of carbonyl (C=O) groups excluding carboxylic acids is 6. The van der Waals surface area contributed by atoms with Crippen molar-refractivity contribution >= 4 is 35.5 Å². The van der Waals surface area contributed by atoms with Crippen LogP contribution in [-0.4, -0.2) is 83.5 Å². The van der Waals surface area contributed by atoms with Crippen molar-refractivity contribution in [3.05, 3.63) is 24.3 Å². The fraction of sp³-hybridized carbons (Fsp3) is 0.630. The highest BCUT2D eigenvalue weighted by Gasteiger charge is 2.60. The average Bonchev–Trinajstić information content (AvgIpc) is 3.73. The van der Waals surface area contributed by atoms with Crippen molar-refractivity contribution in [1.29, 1.82) is 0 Å². The maximum absolute atomic E-state index is 13.1. The first-order valence-electron chi connectivity index (χ1n) is 13.2. The maximum Gasteiger partial charge on any atom is 0.306 e. The number of ether oxygens (including phenoxy) is 1. The number of nitrogens with zero attached hydrogens (tertiary/aromatic N) is 3. The maximum atomic E-state index is 13.1. The summed E-state index contributed by atoms with van der Waals surface area (Å²) in [5.41, 5.74) is 0. The average molecular weight is 510 g/mol. The predicted octanol–water partition coefficient (Wildman–Crippen LogP) is 0.382. The topological polar surface area (TPSA) is 121 Å². The van der Waals surface area contributed by atoms with E-state index in [0.717, 1.165) is 12.8 Å². The summed E-state index contributed by atoms with van der Waals surface area (Å²) in [6, 6.07) is 0. The van der Waals surface area contributed by atoms with Gasteiger partial charge in [-0.15, -0.1) is 0 Å². The van der Waals surface area contributed by atoms with E-state index in [0.29, 0.717) is 0 Å². The summed E-state index contributed by atoms with van der Waals surface area (Å²) in [6.07, 6.45) is 9.61. The fourth-order valence-corrected chi connectivity index (χ4v) is 7.64. The Kier molecular flexibility index (Phi) is 5.80. The number of allylic oxidation sites excluding steroid dienone is 4. The monoisotopic (exact) mass is 509 g/mol. The number of imide groups is 2.